The Morgan fingerprint density at radius 1 is 1.60 bits per heavy atom. The largest absolute Gasteiger partial charge is 0.307 e. The van der Waals surface area contributed by atoms with Gasteiger partial charge in [0.15, 0.2) is 0 Å². The van der Waals surface area contributed by atoms with Gasteiger partial charge in [0.05, 0.1) is 22.9 Å². The minimum absolute atomic E-state index is 0.138. The Kier molecular flexibility index (Phi) is 3.13. The van der Waals surface area contributed by atoms with Crippen LogP contribution >= 0.6 is 11.3 Å². The van der Waals surface area contributed by atoms with Crippen LogP contribution in [0.25, 0.3) is 0 Å². The number of rotatable bonds is 4. The predicted octanol–water partition coefficient (Wildman–Crippen LogP) is 1.67. The van der Waals surface area contributed by atoms with Crippen molar-refractivity contribution in [1.82, 2.24) is 20.1 Å². The van der Waals surface area contributed by atoms with Crippen LogP contribution in [-0.2, 0) is 6.54 Å². The van der Waals surface area contributed by atoms with Gasteiger partial charge in [-0.25, -0.2) is 4.98 Å². The molecule has 15 heavy (non-hydrogen) atoms. The smallest absolute Gasteiger partial charge is 0.0928 e. The van der Waals surface area contributed by atoms with Gasteiger partial charge >= 0.3 is 0 Å². The van der Waals surface area contributed by atoms with E-state index in [-0.39, 0.29) is 6.04 Å². The predicted molar refractivity (Wildman–Crippen MR) is 60.9 cm³/mol. The van der Waals surface area contributed by atoms with E-state index in [2.05, 4.69) is 27.7 Å². The van der Waals surface area contributed by atoms with Gasteiger partial charge in [-0.15, -0.1) is 11.3 Å². The standard InChI is InChI=1S/C10H14N4S/c1-3-14-9(4-5-13-14)10(11-2)8-6-15-7-12-8/h4-7,10-11H,3H2,1-2H3. The van der Waals surface area contributed by atoms with Crippen LogP contribution in [0.15, 0.2) is 23.2 Å². The highest BCUT2D eigenvalue weighted by Crippen LogP contribution is 2.20. The molecular formula is C10H14N4S. The Hall–Kier alpha value is -1.20. The fraction of sp³-hybridized carbons (Fsp3) is 0.400. The van der Waals surface area contributed by atoms with Crippen LogP contribution in [0.5, 0.6) is 0 Å². The second-order valence-corrected chi connectivity index (χ2v) is 3.93. The number of aryl methyl sites for hydroxylation is 1. The highest BCUT2D eigenvalue weighted by Gasteiger charge is 2.17. The van der Waals surface area contributed by atoms with Crippen molar-refractivity contribution < 1.29 is 0 Å². The topological polar surface area (TPSA) is 42.7 Å². The summed E-state index contributed by atoms with van der Waals surface area (Å²) in [6.07, 6.45) is 1.83. The second-order valence-electron chi connectivity index (χ2n) is 3.21. The van der Waals surface area contributed by atoms with E-state index in [0.29, 0.717) is 0 Å². The summed E-state index contributed by atoms with van der Waals surface area (Å²) in [5.41, 5.74) is 4.07. The Balaban J connectivity index is 2.35. The van der Waals surface area contributed by atoms with Crippen molar-refractivity contribution in [1.29, 1.82) is 0 Å². The first-order chi connectivity index (χ1) is 7.36. The summed E-state index contributed by atoms with van der Waals surface area (Å²) in [5, 5.41) is 9.59. The molecule has 0 saturated carbocycles. The van der Waals surface area contributed by atoms with E-state index in [1.54, 1.807) is 11.3 Å². The Morgan fingerprint density at radius 2 is 2.47 bits per heavy atom. The van der Waals surface area contributed by atoms with Gasteiger partial charge in [0.1, 0.15) is 0 Å². The van der Waals surface area contributed by atoms with Crippen LogP contribution in [0.3, 0.4) is 0 Å². The van der Waals surface area contributed by atoms with Gasteiger partial charge < -0.3 is 5.32 Å². The third kappa shape index (κ3) is 1.93. The summed E-state index contributed by atoms with van der Waals surface area (Å²) in [5.74, 6) is 0. The minimum atomic E-state index is 0.138. The van der Waals surface area contributed by atoms with E-state index in [9.17, 15) is 0 Å². The van der Waals surface area contributed by atoms with Crippen molar-refractivity contribution >= 4 is 11.3 Å². The quantitative estimate of drug-likeness (QED) is 0.855. The fourth-order valence-electron chi connectivity index (χ4n) is 1.66. The van der Waals surface area contributed by atoms with E-state index in [4.69, 9.17) is 0 Å². The van der Waals surface area contributed by atoms with Crippen LogP contribution in [0.4, 0.5) is 0 Å². The molecule has 0 aliphatic heterocycles. The lowest BCUT2D eigenvalue weighted by Crippen LogP contribution is -2.21. The summed E-state index contributed by atoms with van der Waals surface area (Å²) < 4.78 is 1.99. The average Bonchev–Trinajstić information content (AvgIpc) is 2.89. The minimum Gasteiger partial charge on any atom is -0.307 e. The third-order valence-electron chi connectivity index (χ3n) is 2.38. The van der Waals surface area contributed by atoms with E-state index in [1.807, 2.05) is 29.5 Å². The molecule has 0 aliphatic carbocycles. The molecule has 0 aromatic carbocycles. The fourth-order valence-corrected chi connectivity index (χ4v) is 2.24. The maximum atomic E-state index is 4.33. The van der Waals surface area contributed by atoms with Gasteiger partial charge in [-0.2, -0.15) is 5.10 Å². The maximum Gasteiger partial charge on any atom is 0.0928 e. The first-order valence-electron chi connectivity index (χ1n) is 4.94. The van der Waals surface area contributed by atoms with Crippen LogP contribution < -0.4 is 5.32 Å². The number of thiazole rings is 1. The zero-order chi connectivity index (χ0) is 10.7. The van der Waals surface area contributed by atoms with E-state index < -0.39 is 0 Å². The first-order valence-corrected chi connectivity index (χ1v) is 5.88. The van der Waals surface area contributed by atoms with Crippen LogP contribution in [-0.4, -0.2) is 21.8 Å². The van der Waals surface area contributed by atoms with Crippen molar-refractivity contribution in [3.05, 3.63) is 34.5 Å². The lowest BCUT2D eigenvalue weighted by Gasteiger charge is -2.15. The van der Waals surface area contributed by atoms with Crippen LogP contribution in [0, 0.1) is 0 Å². The number of hydrogen-bond donors (Lipinski definition) is 1. The van der Waals surface area contributed by atoms with Crippen LogP contribution in [0.1, 0.15) is 24.4 Å². The molecule has 1 N–H and O–H groups in total. The highest BCUT2D eigenvalue weighted by molar-refractivity contribution is 7.07. The molecule has 2 rings (SSSR count). The molecule has 0 amide bonds. The summed E-state index contributed by atoms with van der Waals surface area (Å²) in [6.45, 7) is 2.97. The Morgan fingerprint density at radius 3 is 3.07 bits per heavy atom. The molecule has 2 aromatic heterocycles. The number of nitrogens with one attached hydrogen (secondary N) is 1. The molecule has 0 fully saturated rings. The summed E-state index contributed by atoms with van der Waals surface area (Å²) >= 11 is 1.61. The normalized spacial score (nSPS) is 12.9. The van der Waals surface area contributed by atoms with Gasteiger partial charge in [-0.05, 0) is 20.0 Å². The molecule has 0 aliphatic rings. The van der Waals surface area contributed by atoms with Gasteiger partial charge in [0.25, 0.3) is 0 Å². The Labute approximate surface area is 93.0 Å². The summed E-state index contributed by atoms with van der Waals surface area (Å²) in [4.78, 5) is 4.33. The van der Waals surface area contributed by atoms with Crippen molar-refractivity contribution in [2.75, 3.05) is 7.05 Å². The SMILES string of the molecule is CCn1nccc1C(NC)c1cscn1. The van der Waals surface area contributed by atoms with Gasteiger partial charge in [0, 0.05) is 18.1 Å². The second kappa shape index (κ2) is 4.55. The monoisotopic (exact) mass is 222 g/mol. The summed E-state index contributed by atoms with van der Waals surface area (Å²) in [6, 6.07) is 2.17. The van der Waals surface area contributed by atoms with Crippen molar-refractivity contribution in [2.45, 2.75) is 19.5 Å². The molecule has 1 unspecified atom stereocenters. The highest BCUT2D eigenvalue weighted by atomic mass is 32.1. The van der Waals surface area contributed by atoms with Gasteiger partial charge in [-0.1, -0.05) is 0 Å². The first kappa shape index (κ1) is 10.3. The zero-order valence-corrected chi connectivity index (χ0v) is 9.66. The van der Waals surface area contributed by atoms with E-state index in [1.165, 1.54) is 0 Å². The van der Waals surface area contributed by atoms with Crippen molar-refractivity contribution in [3.63, 3.8) is 0 Å². The van der Waals surface area contributed by atoms with Crippen molar-refractivity contribution in [2.24, 2.45) is 0 Å². The molecule has 2 heterocycles. The molecular weight excluding hydrogens is 208 g/mol. The Bertz CT molecular complexity index is 407. The molecule has 0 spiro atoms. The van der Waals surface area contributed by atoms with Gasteiger partial charge in [-0.3, -0.25) is 4.68 Å². The van der Waals surface area contributed by atoms with Gasteiger partial charge in [0.2, 0.25) is 0 Å². The molecule has 0 radical (unpaired) electrons. The van der Waals surface area contributed by atoms with Crippen molar-refractivity contribution in [3.8, 4) is 0 Å². The molecule has 4 nitrogen and oxygen atoms in total. The number of hydrogen-bond acceptors (Lipinski definition) is 4. The summed E-state index contributed by atoms with van der Waals surface area (Å²) in [7, 11) is 1.94. The lowest BCUT2D eigenvalue weighted by molar-refractivity contribution is 0.557. The molecule has 1 atom stereocenters. The number of aromatic nitrogens is 3. The molecule has 80 valence electrons. The molecule has 0 saturated heterocycles. The van der Waals surface area contributed by atoms with Crippen LogP contribution in [0.2, 0.25) is 0 Å². The lowest BCUT2D eigenvalue weighted by atomic mass is 10.1. The average molecular weight is 222 g/mol. The van der Waals surface area contributed by atoms with E-state index >= 15 is 0 Å². The third-order valence-corrected chi connectivity index (χ3v) is 2.99. The molecule has 0 bridgehead atoms. The van der Waals surface area contributed by atoms with E-state index in [0.717, 1.165) is 17.9 Å². The molecule has 5 heteroatoms. The molecule has 2 aromatic rings. The number of nitrogens with zero attached hydrogens (tertiary/aromatic N) is 3. The maximum absolute atomic E-state index is 4.33. The zero-order valence-electron chi connectivity index (χ0n) is 8.84.